The van der Waals surface area contributed by atoms with Crippen molar-refractivity contribution in [1.82, 2.24) is 0 Å². The van der Waals surface area contributed by atoms with E-state index in [9.17, 15) is 30.4 Å². The van der Waals surface area contributed by atoms with E-state index >= 15 is 0 Å². The molecule has 0 radical (unpaired) electrons. The molecule has 0 aromatic carbocycles. The highest BCUT2D eigenvalue weighted by Crippen LogP contribution is 2.30. The first kappa shape index (κ1) is 39.9. The Morgan fingerprint density at radius 1 is 0.405 bits per heavy atom. The molecule has 0 heterocycles. The van der Waals surface area contributed by atoms with Gasteiger partial charge in [-0.25, -0.2) is 0 Å². The van der Waals surface area contributed by atoms with E-state index < -0.39 is 58.0 Å². The molecule has 0 spiro atoms. The van der Waals surface area contributed by atoms with E-state index in [4.69, 9.17) is 14.0 Å². The minimum absolute atomic E-state index is 0.201. The molecular weight excluding hydrogens is 537 g/mol. The summed E-state index contributed by atoms with van der Waals surface area (Å²) in [6.07, 6.45) is 9.27. The van der Waals surface area contributed by atoms with E-state index in [1.807, 2.05) is 0 Å². The molecule has 42 heavy (non-hydrogen) atoms. The lowest BCUT2D eigenvalue weighted by atomic mass is 9.75. The second-order valence-electron chi connectivity index (χ2n) is 12.2. The third-order valence-electron chi connectivity index (χ3n) is 8.33. The molecule has 1 aliphatic rings. The maximum Gasteiger partial charge on any atom is 0.183 e. The van der Waals surface area contributed by atoms with Gasteiger partial charge in [-0.2, -0.15) is 0 Å². The Labute approximate surface area is 257 Å². The van der Waals surface area contributed by atoms with Crippen LogP contribution in [-0.2, 0) is 14.0 Å². The van der Waals surface area contributed by atoms with Crippen molar-refractivity contribution in [1.29, 1.82) is 0 Å². The predicted octanol–water partition coefficient (Wildman–Crippen LogP) is 2.87. The van der Waals surface area contributed by atoms with Crippen LogP contribution in [0.3, 0.4) is 0 Å². The van der Waals surface area contributed by atoms with Crippen LogP contribution in [0.4, 0.5) is 0 Å². The second kappa shape index (κ2) is 25.1. The van der Waals surface area contributed by atoms with E-state index in [2.05, 4.69) is 20.8 Å². The Hall–Kier alpha value is -0.165. The summed E-state index contributed by atoms with van der Waals surface area (Å²) in [7, 11) is -4.54. The molecule has 1 saturated carbocycles. The smallest absolute Gasteiger partial charge is 0.183 e. The average Bonchev–Trinajstić information content (AvgIpc) is 2.97. The van der Waals surface area contributed by atoms with E-state index in [1.165, 1.54) is 0 Å². The van der Waals surface area contributed by atoms with Crippen LogP contribution in [0.5, 0.6) is 0 Å². The first-order chi connectivity index (χ1) is 20.3. The predicted molar refractivity (Wildman–Crippen MR) is 164 cm³/mol. The molecule has 9 nitrogen and oxygen atoms in total. The van der Waals surface area contributed by atoms with Crippen LogP contribution in [0.1, 0.15) is 136 Å². The molecule has 3 N–H and O–H groups in total. The fourth-order valence-electron chi connectivity index (χ4n) is 5.64. The van der Waals surface area contributed by atoms with Crippen LogP contribution in [0.25, 0.3) is 0 Å². The number of hydrogen-bond donors (Lipinski definition) is 3. The lowest BCUT2D eigenvalue weighted by molar-refractivity contribution is -0.284. The second-order valence-corrected chi connectivity index (χ2v) is 12.2. The molecule has 0 saturated heterocycles. The van der Waals surface area contributed by atoms with Crippen molar-refractivity contribution in [2.45, 2.75) is 192 Å². The van der Waals surface area contributed by atoms with Gasteiger partial charge in [0.15, 0.2) is 21.4 Å². The first-order valence-corrected chi connectivity index (χ1v) is 17.2. The van der Waals surface area contributed by atoms with Crippen molar-refractivity contribution in [2.75, 3.05) is 0 Å². The zero-order valence-electron chi connectivity index (χ0n) is 26.8. The van der Waals surface area contributed by atoms with Crippen LogP contribution in [0, 0.1) is 0 Å². The van der Waals surface area contributed by atoms with Crippen LogP contribution in [-0.4, -0.2) is 73.3 Å². The molecule has 1 fully saturated rings. The summed E-state index contributed by atoms with van der Waals surface area (Å²) in [5.41, 5.74) is 0. The summed E-state index contributed by atoms with van der Waals surface area (Å²) in [5, 5.41) is 70.8. The van der Waals surface area contributed by atoms with E-state index in [0.29, 0.717) is 19.3 Å². The summed E-state index contributed by atoms with van der Waals surface area (Å²) in [6, 6.07) is 0. The van der Waals surface area contributed by atoms with Gasteiger partial charge in [-0.05, 0) is 0 Å². The minimum Gasteiger partial charge on any atom is -0.856 e. The maximum atomic E-state index is 12.9. The molecule has 2 unspecified atom stereocenters. The highest BCUT2D eigenvalue weighted by Gasteiger charge is 2.51. The minimum atomic E-state index is -1.72. The fraction of sp³-hybridized carbons (Fsp3) is 1.00. The number of unbranched alkanes of at least 4 members (excludes halogenated alkanes) is 15. The Kier molecular flexibility index (Phi) is 23.8. The molecule has 0 aromatic heterocycles. The number of rotatable bonds is 27. The van der Waals surface area contributed by atoms with Crippen molar-refractivity contribution < 1.29 is 44.4 Å². The Bertz CT molecular complexity index is 587. The molecule has 1 aliphatic carbocycles. The highest BCUT2D eigenvalue weighted by molar-refractivity contribution is 6.41. The van der Waals surface area contributed by atoms with Gasteiger partial charge in [0.25, 0.3) is 0 Å². The lowest BCUT2D eigenvalue weighted by Crippen LogP contribution is -2.69. The quantitative estimate of drug-likeness (QED) is 0.0957. The summed E-state index contributed by atoms with van der Waals surface area (Å²) >= 11 is 0. The van der Waals surface area contributed by atoms with Crippen LogP contribution in [0.2, 0.25) is 19.0 Å². The SMILES string of the molecule is CCCCCCCCB([O-])OC1[C@@H](OB([O-])CCCCCCCC)[C@@H](O)C(O)[C@@H](O)[C@H]1OB([O-])CCCCCCCC. The van der Waals surface area contributed by atoms with Gasteiger partial charge in [-0.1, -0.05) is 155 Å². The van der Waals surface area contributed by atoms with Crippen molar-refractivity contribution in [2.24, 2.45) is 0 Å². The van der Waals surface area contributed by atoms with Crippen LogP contribution in [0.15, 0.2) is 0 Å². The normalized spacial score (nSPS) is 24.2. The van der Waals surface area contributed by atoms with Crippen LogP contribution >= 0.6 is 0 Å². The fourth-order valence-corrected chi connectivity index (χ4v) is 5.64. The van der Waals surface area contributed by atoms with Crippen molar-refractivity contribution >= 4 is 21.4 Å². The van der Waals surface area contributed by atoms with Crippen LogP contribution < -0.4 is 15.1 Å². The number of aliphatic hydroxyl groups is 3. The standard InChI is InChI=1S/C30H60B3O9/c1-4-7-10-13-16-19-22-31(37)40-28-26(35)25(34)27(36)29(41-32(38)23-20-17-14-11-8-5-2)30(28)42-33(39)24-21-18-15-12-9-6-3/h25-30,34-36H,4-24H2,1-3H3/q-3/t25?,26-,27+,28-,29+,30?. The molecule has 0 bridgehead atoms. The van der Waals surface area contributed by atoms with E-state index in [0.717, 1.165) is 96.3 Å². The highest BCUT2D eigenvalue weighted by atomic mass is 16.6. The number of hydrogen-bond acceptors (Lipinski definition) is 9. The first-order valence-electron chi connectivity index (χ1n) is 17.2. The molecule has 1 rings (SSSR count). The summed E-state index contributed by atoms with van der Waals surface area (Å²) in [5.74, 6) is 0. The largest absolute Gasteiger partial charge is 0.856 e. The zero-order chi connectivity index (χ0) is 31.2. The lowest BCUT2D eigenvalue weighted by Gasteiger charge is -2.50. The van der Waals surface area contributed by atoms with Gasteiger partial charge >= 0.3 is 0 Å². The summed E-state index contributed by atoms with van der Waals surface area (Å²) < 4.78 is 17.1. The van der Waals surface area contributed by atoms with Gasteiger partial charge in [0.1, 0.15) is 18.3 Å². The number of aliphatic hydroxyl groups excluding tert-OH is 3. The molecule has 0 amide bonds. The average molecular weight is 597 g/mol. The van der Waals surface area contributed by atoms with Gasteiger partial charge in [-0.3, -0.25) is 0 Å². The maximum absolute atomic E-state index is 12.9. The Morgan fingerprint density at radius 3 is 0.976 bits per heavy atom. The molecule has 0 aromatic rings. The molecule has 6 atom stereocenters. The monoisotopic (exact) mass is 597 g/mol. The zero-order valence-corrected chi connectivity index (χ0v) is 26.8. The van der Waals surface area contributed by atoms with Gasteiger partial charge in [0.2, 0.25) is 0 Å². The molecule has 246 valence electrons. The van der Waals surface area contributed by atoms with Gasteiger partial charge in [0, 0.05) is 0 Å². The topological polar surface area (TPSA) is 158 Å². The molecular formula is C30H60B3O9-3. The van der Waals surface area contributed by atoms with Crippen molar-refractivity contribution in [3.05, 3.63) is 0 Å². The third-order valence-corrected chi connectivity index (χ3v) is 8.33. The molecule has 0 aliphatic heterocycles. The molecule has 12 heteroatoms. The van der Waals surface area contributed by atoms with Gasteiger partial charge in [-0.15, -0.1) is 0 Å². The van der Waals surface area contributed by atoms with Crippen molar-refractivity contribution in [3.8, 4) is 0 Å². The summed E-state index contributed by atoms with van der Waals surface area (Å²) in [4.78, 5) is 0. The van der Waals surface area contributed by atoms with Crippen molar-refractivity contribution in [3.63, 3.8) is 0 Å². The Morgan fingerprint density at radius 2 is 0.667 bits per heavy atom. The summed E-state index contributed by atoms with van der Waals surface area (Å²) in [6.45, 7) is 6.42. The van der Waals surface area contributed by atoms with E-state index in [1.54, 1.807) is 0 Å². The third kappa shape index (κ3) is 16.8. The van der Waals surface area contributed by atoms with Gasteiger partial charge in [0.05, 0.1) is 18.3 Å². The Balaban J connectivity index is 2.86. The van der Waals surface area contributed by atoms with E-state index in [-0.39, 0.29) is 19.0 Å². The van der Waals surface area contributed by atoms with Gasteiger partial charge < -0.3 is 44.4 Å².